The lowest BCUT2D eigenvalue weighted by Crippen LogP contribution is -2.30. The highest BCUT2D eigenvalue weighted by Gasteiger charge is 2.21. The van der Waals surface area contributed by atoms with Crippen molar-refractivity contribution in [2.75, 3.05) is 13.7 Å². The first-order valence-corrected chi connectivity index (χ1v) is 6.48. The zero-order valence-corrected chi connectivity index (χ0v) is 11.0. The fourth-order valence-electron chi connectivity index (χ4n) is 2.38. The van der Waals surface area contributed by atoms with Gasteiger partial charge in [0.1, 0.15) is 5.75 Å². The summed E-state index contributed by atoms with van der Waals surface area (Å²) in [5.74, 6) is 1.02. The molecule has 1 atom stereocenters. The summed E-state index contributed by atoms with van der Waals surface area (Å²) in [6.07, 6.45) is 3.83. The maximum atomic E-state index is 11.9. The van der Waals surface area contributed by atoms with Gasteiger partial charge in [0.05, 0.1) is 7.11 Å². The van der Waals surface area contributed by atoms with Crippen molar-refractivity contribution >= 4 is 5.91 Å². The number of aromatic nitrogens is 1. The van der Waals surface area contributed by atoms with Gasteiger partial charge < -0.3 is 10.1 Å². The van der Waals surface area contributed by atoms with E-state index in [1.165, 1.54) is 0 Å². The Balaban J connectivity index is 2.12. The lowest BCUT2D eigenvalue weighted by molar-refractivity contribution is -0.124. The van der Waals surface area contributed by atoms with Gasteiger partial charge in [-0.05, 0) is 19.8 Å². The van der Waals surface area contributed by atoms with Crippen LogP contribution in [0.15, 0.2) is 12.1 Å². The summed E-state index contributed by atoms with van der Waals surface area (Å²) >= 11 is 0. The molecule has 0 spiro atoms. The number of pyridine rings is 1. The molecule has 1 saturated heterocycles. The largest absolute Gasteiger partial charge is 0.497 e. The number of aryl methyl sites for hydroxylation is 1. The summed E-state index contributed by atoms with van der Waals surface area (Å²) < 4.78 is 5.24. The molecular weight excluding hydrogens is 228 g/mol. The van der Waals surface area contributed by atoms with Crippen LogP contribution in [0.3, 0.4) is 0 Å². The minimum atomic E-state index is 0.0477. The number of nitrogens with one attached hydrogen (secondary N) is 1. The van der Waals surface area contributed by atoms with Crippen LogP contribution in [0.25, 0.3) is 0 Å². The predicted molar refractivity (Wildman–Crippen MR) is 69.6 cm³/mol. The summed E-state index contributed by atoms with van der Waals surface area (Å²) in [7, 11) is 1.65. The number of carbonyl (C=O) groups excluding carboxylic acids is 1. The molecule has 2 rings (SSSR count). The third-order valence-corrected chi connectivity index (χ3v) is 3.32. The summed E-state index contributed by atoms with van der Waals surface area (Å²) in [6.45, 7) is 2.75. The lowest BCUT2D eigenvalue weighted by Gasteiger charge is -2.13. The van der Waals surface area contributed by atoms with E-state index in [-0.39, 0.29) is 11.8 Å². The maximum absolute atomic E-state index is 11.9. The fraction of sp³-hybridized carbons (Fsp3) is 0.571. The average Bonchev–Trinajstić information content (AvgIpc) is 2.54. The summed E-state index contributed by atoms with van der Waals surface area (Å²) in [5, 5.41) is 2.96. The van der Waals surface area contributed by atoms with Gasteiger partial charge in [0.15, 0.2) is 0 Å². The van der Waals surface area contributed by atoms with Crippen LogP contribution in [0.1, 0.15) is 30.7 Å². The van der Waals surface area contributed by atoms with Crippen LogP contribution < -0.4 is 10.1 Å². The van der Waals surface area contributed by atoms with Crippen molar-refractivity contribution in [3.63, 3.8) is 0 Å². The molecule has 98 valence electrons. The number of hydrogen-bond donors (Lipinski definition) is 1. The Morgan fingerprint density at radius 1 is 1.44 bits per heavy atom. The molecule has 0 saturated carbocycles. The Hall–Kier alpha value is -1.58. The van der Waals surface area contributed by atoms with Gasteiger partial charge in [-0.25, -0.2) is 0 Å². The van der Waals surface area contributed by atoms with Gasteiger partial charge in [-0.1, -0.05) is 6.42 Å². The van der Waals surface area contributed by atoms with Crippen LogP contribution in [0.4, 0.5) is 0 Å². The molecule has 2 heterocycles. The smallest absolute Gasteiger partial charge is 0.223 e. The second-order valence-electron chi connectivity index (χ2n) is 4.83. The van der Waals surface area contributed by atoms with E-state index in [0.717, 1.165) is 42.9 Å². The van der Waals surface area contributed by atoms with E-state index < -0.39 is 0 Å². The van der Waals surface area contributed by atoms with Crippen LogP contribution >= 0.6 is 0 Å². The summed E-state index contributed by atoms with van der Waals surface area (Å²) in [4.78, 5) is 16.4. The third-order valence-electron chi connectivity index (χ3n) is 3.32. The van der Waals surface area contributed by atoms with Gasteiger partial charge in [-0.15, -0.1) is 0 Å². The minimum Gasteiger partial charge on any atom is -0.497 e. The average molecular weight is 248 g/mol. The number of hydrogen-bond acceptors (Lipinski definition) is 3. The SMILES string of the molecule is COc1cc(C)nc(CC2CCCCNC2=O)c1. The highest BCUT2D eigenvalue weighted by Crippen LogP contribution is 2.20. The molecule has 4 heteroatoms. The van der Waals surface area contributed by atoms with Crippen molar-refractivity contribution in [3.8, 4) is 5.75 Å². The molecule has 1 aliphatic heterocycles. The number of rotatable bonds is 3. The summed E-state index contributed by atoms with van der Waals surface area (Å²) in [6, 6.07) is 3.82. The van der Waals surface area contributed by atoms with Crippen LogP contribution in [0.2, 0.25) is 0 Å². The first-order chi connectivity index (χ1) is 8.69. The molecule has 1 N–H and O–H groups in total. The molecule has 1 unspecified atom stereocenters. The fourth-order valence-corrected chi connectivity index (χ4v) is 2.38. The van der Waals surface area contributed by atoms with E-state index in [9.17, 15) is 4.79 Å². The molecular formula is C14H20N2O2. The van der Waals surface area contributed by atoms with Crippen LogP contribution in [-0.2, 0) is 11.2 Å². The van der Waals surface area contributed by atoms with E-state index >= 15 is 0 Å². The zero-order chi connectivity index (χ0) is 13.0. The predicted octanol–water partition coefficient (Wildman–Crippen LogP) is 1.86. The van der Waals surface area contributed by atoms with E-state index in [0.29, 0.717) is 6.42 Å². The Morgan fingerprint density at radius 3 is 3.06 bits per heavy atom. The van der Waals surface area contributed by atoms with Gasteiger partial charge >= 0.3 is 0 Å². The number of nitrogens with zero attached hydrogens (tertiary/aromatic N) is 1. The molecule has 18 heavy (non-hydrogen) atoms. The monoisotopic (exact) mass is 248 g/mol. The quantitative estimate of drug-likeness (QED) is 0.888. The van der Waals surface area contributed by atoms with Gasteiger partial charge in [-0.2, -0.15) is 0 Å². The first-order valence-electron chi connectivity index (χ1n) is 6.48. The van der Waals surface area contributed by atoms with Gasteiger partial charge in [0, 0.05) is 42.4 Å². The highest BCUT2D eigenvalue weighted by molar-refractivity contribution is 5.79. The zero-order valence-electron chi connectivity index (χ0n) is 11.0. The Bertz CT molecular complexity index is 432. The second-order valence-corrected chi connectivity index (χ2v) is 4.83. The molecule has 1 amide bonds. The van der Waals surface area contributed by atoms with E-state index in [4.69, 9.17) is 4.74 Å². The van der Waals surface area contributed by atoms with Crippen molar-refractivity contribution in [3.05, 3.63) is 23.5 Å². The van der Waals surface area contributed by atoms with Crippen LogP contribution in [0.5, 0.6) is 5.75 Å². The molecule has 0 aliphatic carbocycles. The lowest BCUT2D eigenvalue weighted by atomic mass is 9.96. The molecule has 1 aromatic rings. The molecule has 1 aromatic heterocycles. The number of carbonyl (C=O) groups is 1. The number of methoxy groups -OCH3 is 1. The molecule has 0 bridgehead atoms. The van der Waals surface area contributed by atoms with Crippen molar-refractivity contribution in [1.29, 1.82) is 0 Å². The third kappa shape index (κ3) is 3.22. The molecule has 4 nitrogen and oxygen atoms in total. The van der Waals surface area contributed by atoms with Gasteiger partial charge in [-0.3, -0.25) is 9.78 Å². The normalized spacial score (nSPS) is 20.1. The Labute approximate surface area is 108 Å². The second kappa shape index (κ2) is 5.85. The van der Waals surface area contributed by atoms with Gasteiger partial charge in [0.25, 0.3) is 0 Å². The van der Waals surface area contributed by atoms with Crippen molar-refractivity contribution in [2.24, 2.45) is 5.92 Å². The van der Waals surface area contributed by atoms with Crippen molar-refractivity contribution < 1.29 is 9.53 Å². The first kappa shape index (κ1) is 12.9. The Kier molecular flexibility index (Phi) is 4.18. The maximum Gasteiger partial charge on any atom is 0.223 e. The molecule has 0 radical (unpaired) electrons. The van der Waals surface area contributed by atoms with Crippen LogP contribution in [-0.4, -0.2) is 24.5 Å². The van der Waals surface area contributed by atoms with E-state index in [2.05, 4.69) is 10.3 Å². The van der Waals surface area contributed by atoms with E-state index in [1.54, 1.807) is 7.11 Å². The molecule has 0 aromatic carbocycles. The van der Waals surface area contributed by atoms with Crippen molar-refractivity contribution in [2.45, 2.75) is 32.6 Å². The Morgan fingerprint density at radius 2 is 2.28 bits per heavy atom. The topological polar surface area (TPSA) is 51.2 Å². The molecule has 1 aliphatic rings. The van der Waals surface area contributed by atoms with E-state index in [1.807, 2.05) is 19.1 Å². The molecule has 1 fully saturated rings. The number of amides is 1. The van der Waals surface area contributed by atoms with Crippen molar-refractivity contribution in [1.82, 2.24) is 10.3 Å². The summed E-state index contributed by atoms with van der Waals surface area (Å²) in [5.41, 5.74) is 1.87. The highest BCUT2D eigenvalue weighted by atomic mass is 16.5. The van der Waals surface area contributed by atoms with Crippen LogP contribution in [0, 0.1) is 12.8 Å². The minimum absolute atomic E-state index is 0.0477. The standard InChI is InChI=1S/C14H20N2O2/c1-10-7-13(18-2)9-12(16-10)8-11-5-3-4-6-15-14(11)17/h7,9,11H,3-6,8H2,1-2H3,(H,15,17). The number of ether oxygens (including phenoxy) is 1. The van der Waals surface area contributed by atoms with Gasteiger partial charge in [0.2, 0.25) is 5.91 Å².